The van der Waals surface area contributed by atoms with Crippen molar-refractivity contribution in [2.75, 3.05) is 19.7 Å². The van der Waals surface area contributed by atoms with Crippen molar-refractivity contribution in [3.05, 3.63) is 0 Å². The second-order valence-electron chi connectivity index (χ2n) is 8.05. The first-order valence-corrected chi connectivity index (χ1v) is 10.4. The van der Waals surface area contributed by atoms with Crippen molar-refractivity contribution in [3.63, 3.8) is 0 Å². The van der Waals surface area contributed by atoms with Crippen LogP contribution < -0.4 is 21.7 Å². The maximum atomic E-state index is 12.5. The standard InChI is InChI=1S/C19H33N5O8/c1-9(2)14(20)16(28)23-15(10(3)26)17(29)21-7-13(27)22-11(8-25)18(30)24-6-4-5-12(24)19(31)32/h9-12,14-15,25-26H,4-8,20H2,1-3H3,(H,21,29)(H,22,27)(H,23,28)(H,31,32)/t10-,11+,12+,14+,15+/m1/s1. The Hall–Kier alpha value is -2.77. The van der Waals surface area contributed by atoms with Gasteiger partial charge in [-0.05, 0) is 25.7 Å². The molecule has 1 rings (SSSR count). The Kier molecular flexibility index (Phi) is 10.5. The van der Waals surface area contributed by atoms with Gasteiger partial charge in [-0.3, -0.25) is 19.2 Å². The minimum Gasteiger partial charge on any atom is -0.480 e. The molecular formula is C19H33N5O8. The summed E-state index contributed by atoms with van der Waals surface area (Å²) in [5.41, 5.74) is 5.72. The van der Waals surface area contributed by atoms with E-state index in [9.17, 15) is 39.3 Å². The molecule has 8 N–H and O–H groups in total. The molecule has 1 aliphatic heterocycles. The lowest BCUT2D eigenvalue weighted by Gasteiger charge is -2.26. The predicted molar refractivity (Wildman–Crippen MR) is 111 cm³/mol. The van der Waals surface area contributed by atoms with E-state index in [0.717, 1.165) is 4.90 Å². The Morgan fingerprint density at radius 1 is 1.09 bits per heavy atom. The van der Waals surface area contributed by atoms with Crippen LogP contribution >= 0.6 is 0 Å². The quantitative estimate of drug-likeness (QED) is 0.163. The van der Waals surface area contributed by atoms with Gasteiger partial charge in [-0.2, -0.15) is 0 Å². The molecule has 1 heterocycles. The highest BCUT2D eigenvalue weighted by atomic mass is 16.4. The molecule has 4 amide bonds. The number of nitrogens with two attached hydrogens (primary N) is 1. The SMILES string of the molecule is CC(C)[C@H](N)C(=O)N[C@H](C(=O)NCC(=O)N[C@@H](CO)C(=O)N1CCC[C@H]1C(=O)O)[C@@H](C)O. The summed E-state index contributed by atoms with van der Waals surface area (Å²) in [4.78, 5) is 61.4. The molecule has 0 radical (unpaired) electrons. The second-order valence-corrected chi connectivity index (χ2v) is 8.05. The largest absolute Gasteiger partial charge is 0.480 e. The maximum absolute atomic E-state index is 12.5. The molecule has 0 bridgehead atoms. The number of rotatable bonds is 11. The van der Waals surface area contributed by atoms with Gasteiger partial charge in [0.05, 0.1) is 25.3 Å². The first kappa shape index (κ1) is 27.3. The van der Waals surface area contributed by atoms with E-state index < -0.39 is 73.0 Å². The summed E-state index contributed by atoms with van der Waals surface area (Å²) in [6.07, 6.45) is -0.523. The Balaban J connectivity index is 2.66. The van der Waals surface area contributed by atoms with Gasteiger partial charge in [0.1, 0.15) is 18.1 Å². The topological polar surface area (TPSA) is 211 Å². The molecular weight excluding hydrogens is 426 g/mol. The number of hydrogen-bond donors (Lipinski definition) is 7. The van der Waals surface area contributed by atoms with Crippen molar-refractivity contribution >= 4 is 29.6 Å². The molecule has 1 aliphatic rings. The lowest BCUT2D eigenvalue weighted by Crippen LogP contribution is -2.58. The number of aliphatic carboxylic acids is 1. The minimum atomic E-state index is -1.38. The summed E-state index contributed by atoms with van der Waals surface area (Å²) < 4.78 is 0. The number of likely N-dealkylation sites (tertiary alicyclic amines) is 1. The third kappa shape index (κ3) is 7.43. The summed E-state index contributed by atoms with van der Waals surface area (Å²) in [5, 5.41) is 35.3. The lowest BCUT2D eigenvalue weighted by molar-refractivity contribution is -0.149. The van der Waals surface area contributed by atoms with Crippen LogP contribution in [0.15, 0.2) is 0 Å². The number of aliphatic hydroxyl groups excluding tert-OH is 2. The van der Waals surface area contributed by atoms with Gasteiger partial charge in [0, 0.05) is 6.54 Å². The van der Waals surface area contributed by atoms with Crippen molar-refractivity contribution in [1.82, 2.24) is 20.9 Å². The fourth-order valence-electron chi connectivity index (χ4n) is 3.15. The fraction of sp³-hybridized carbons (Fsp3) is 0.737. The van der Waals surface area contributed by atoms with Crippen molar-refractivity contribution in [1.29, 1.82) is 0 Å². The first-order chi connectivity index (χ1) is 14.9. The average molecular weight is 460 g/mol. The molecule has 0 aromatic rings. The van der Waals surface area contributed by atoms with Crippen molar-refractivity contribution in [3.8, 4) is 0 Å². The van der Waals surface area contributed by atoms with E-state index in [1.54, 1.807) is 13.8 Å². The predicted octanol–water partition coefficient (Wildman–Crippen LogP) is -3.50. The normalized spacial score (nSPS) is 19.6. The Morgan fingerprint density at radius 2 is 1.72 bits per heavy atom. The highest BCUT2D eigenvalue weighted by Crippen LogP contribution is 2.18. The average Bonchev–Trinajstić information content (AvgIpc) is 3.22. The van der Waals surface area contributed by atoms with Crippen LogP contribution in [-0.2, 0) is 24.0 Å². The van der Waals surface area contributed by atoms with Gasteiger partial charge in [-0.1, -0.05) is 13.8 Å². The second kappa shape index (κ2) is 12.3. The number of nitrogens with zero attached hydrogens (tertiary/aromatic N) is 1. The van der Waals surface area contributed by atoms with E-state index in [2.05, 4.69) is 16.0 Å². The highest BCUT2D eigenvalue weighted by molar-refractivity contribution is 5.94. The number of amides is 4. The van der Waals surface area contributed by atoms with E-state index in [0.29, 0.717) is 6.42 Å². The van der Waals surface area contributed by atoms with Gasteiger partial charge in [-0.15, -0.1) is 0 Å². The van der Waals surface area contributed by atoms with E-state index in [4.69, 9.17) is 5.73 Å². The van der Waals surface area contributed by atoms with E-state index in [-0.39, 0.29) is 18.9 Å². The summed E-state index contributed by atoms with van der Waals surface area (Å²) in [7, 11) is 0. The van der Waals surface area contributed by atoms with Crippen LogP contribution in [0.25, 0.3) is 0 Å². The number of aliphatic hydroxyl groups is 2. The molecule has 182 valence electrons. The third-order valence-electron chi connectivity index (χ3n) is 5.14. The monoisotopic (exact) mass is 459 g/mol. The number of hydrogen-bond acceptors (Lipinski definition) is 8. The molecule has 1 saturated heterocycles. The first-order valence-electron chi connectivity index (χ1n) is 10.4. The van der Waals surface area contributed by atoms with E-state index in [1.807, 2.05) is 0 Å². The van der Waals surface area contributed by atoms with Gasteiger partial charge in [-0.25, -0.2) is 4.79 Å². The Labute approximate surface area is 185 Å². The van der Waals surface area contributed by atoms with E-state index in [1.165, 1.54) is 6.92 Å². The zero-order valence-electron chi connectivity index (χ0n) is 18.4. The molecule has 0 aromatic heterocycles. The van der Waals surface area contributed by atoms with Crippen LogP contribution in [0.2, 0.25) is 0 Å². The van der Waals surface area contributed by atoms with Crippen LogP contribution in [0.5, 0.6) is 0 Å². The van der Waals surface area contributed by atoms with Crippen molar-refractivity contribution < 1.29 is 39.3 Å². The van der Waals surface area contributed by atoms with Crippen LogP contribution in [0.3, 0.4) is 0 Å². The molecule has 5 atom stereocenters. The maximum Gasteiger partial charge on any atom is 0.326 e. The molecule has 0 aromatic carbocycles. The van der Waals surface area contributed by atoms with Crippen molar-refractivity contribution in [2.45, 2.75) is 63.9 Å². The zero-order chi connectivity index (χ0) is 24.6. The Bertz CT molecular complexity index is 714. The van der Waals surface area contributed by atoms with Crippen LogP contribution in [0.4, 0.5) is 0 Å². The number of carboxylic acid groups (broad SMARTS) is 1. The smallest absolute Gasteiger partial charge is 0.326 e. The van der Waals surface area contributed by atoms with Crippen LogP contribution in [-0.4, -0.2) is 99.8 Å². The summed E-state index contributed by atoms with van der Waals surface area (Å²) in [5.74, 6) is -4.44. The number of carbonyl (C=O) groups excluding carboxylic acids is 4. The van der Waals surface area contributed by atoms with Gasteiger partial charge < -0.3 is 41.9 Å². The minimum absolute atomic E-state index is 0.188. The highest BCUT2D eigenvalue weighted by Gasteiger charge is 2.37. The molecule has 32 heavy (non-hydrogen) atoms. The van der Waals surface area contributed by atoms with Crippen LogP contribution in [0, 0.1) is 5.92 Å². The third-order valence-corrected chi connectivity index (χ3v) is 5.14. The van der Waals surface area contributed by atoms with Gasteiger partial charge in [0.25, 0.3) is 0 Å². The molecule has 0 unspecified atom stereocenters. The Morgan fingerprint density at radius 3 is 2.22 bits per heavy atom. The molecule has 0 aliphatic carbocycles. The molecule has 1 fully saturated rings. The van der Waals surface area contributed by atoms with Crippen molar-refractivity contribution in [2.24, 2.45) is 11.7 Å². The molecule has 13 heteroatoms. The molecule has 0 spiro atoms. The number of carbonyl (C=O) groups is 5. The number of nitrogens with one attached hydrogen (secondary N) is 3. The van der Waals surface area contributed by atoms with E-state index >= 15 is 0 Å². The lowest BCUT2D eigenvalue weighted by atomic mass is 10.0. The molecule has 0 saturated carbocycles. The summed E-state index contributed by atoms with van der Waals surface area (Å²) >= 11 is 0. The fourth-order valence-corrected chi connectivity index (χ4v) is 3.15. The molecule has 13 nitrogen and oxygen atoms in total. The van der Waals surface area contributed by atoms with Gasteiger partial charge >= 0.3 is 5.97 Å². The van der Waals surface area contributed by atoms with Gasteiger partial charge in [0.2, 0.25) is 23.6 Å². The summed E-state index contributed by atoms with van der Waals surface area (Å²) in [6, 6.07) is -4.67. The van der Waals surface area contributed by atoms with Crippen LogP contribution in [0.1, 0.15) is 33.6 Å². The number of carboxylic acids is 1. The zero-order valence-corrected chi connectivity index (χ0v) is 18.4. The van der Waals surface area contributed by atoms with Gasteiger partial charge in [0.15, 0.2) is 0 Å². The summed E-state index contributed by atoms with van der Waals surface area (Å²) in [6.45, 7) is 3.52.